The number of rotatable bonds is 3. The molecule has 0 saturated carbocycles. The molecule has 1 N–H and O–H groups in total. The number of benzene rings is 2. The lowest BCUT2D eigenvalue weighted by Gasteiger charge is -2.17. The van der Waals surface area contributed by atoms with E-state index >= 15 is 0 Å². The van der Waals surface area contributed by atoms with Gasteiger partial charge in [-0.15, -0.1) is 5.10 Å². The molecule has 0 amide bonds. The van der Waals surface area contributed by atoms with E-state index in [0.29, 0.717) is 11.8 Å². The Bertz CT molecular complexity index is 870. The molecule has 0 aliphatic carbocycles. The minimum Gasteiger partial charge on any atom is -0.339 e. The number of fused-ring (bicyclic) bond motifs is 1. The Morgan fingerprint density at radius 1 is 1.04 bits per heavy atom. The van der Waals surface area contributed by atoms with E-state index in [0.717, 1.165) is 18.7 Å². The predicted octanol–water partition coefficient (Wildman–Crippen LogP) is 3.93. The highest BCUT2D eigenvalue weighted by molar-refractivity contribution is 5.66. The van der Waals surface area contributed by atoms with Crippen LogP contribution in [0.15, 0.2) is 48.7 Å². The van der Waals surface area contributed by atoms with Gasteiger partial charge in [0.1, 0.15) is 0 Å². The molecule has 0 saturated heterocycles. The Morgan fingerprint density at radius 3 is 2.67 bits per heavy atom. The molecule has 5 nitrogen and oxygen atoms in total. The minimum absolute atomic E-state index is 0.634. The van der Waals surface area contributed by atoms with Crippen molar-refractivity contribution in [2.24, 2.45) is 0 Å². The first-order valence-electron chi connectivity index (χ1n) is 8.09. The first-order valence-corrected chi connectivity index (χ1v) is 8.09. The van der Waals surface area contributed by atoms with E-state index in [2.05, 4.69) is 75.6 Å². The van der Waals surface area contributed by atoms with Crippen LogP contribution >= 0.6 is 0 Å². The SMILES string of the molecule is Cc1cc(C)cc(Nc2cnnc(N3CCc4ccccc43)n2)c1. The Morgan fingerprint density at radius 2 is 1.83 bits per heavy atom. The summed E-state index contributed by atoms with van der Waals surface area (Å²) in [6.07, 6.45) is 2.66. The first kappa shape index (κ1) is 14.6. The van der Waals surface area contributed by atoms with Crippen molar-refractivity contribution >= 4 is 23.1 Å². The van der Waals surface area contributed by atoms with Crippen LogP contribution in [0.2, 0.25) is 0 Å². The third-order valence-electron chi connectivity index (χ3n) is 4.17. The number of aryl methyl sites for hydroxylation is 2. The minimum atomic E-state index is 0.634. The first-order chi connectivity index (χ1) is 11.7. The lowest BCUT2D eigenvalue weighted by Crippen LogP contribution is -2.17. The fourth-order valence-electron chi connectivity index (χ4n) is 3.21. The van der Waals surface area contributed by atoms with E-state index in [1.807, 2.05) is 6.07 Å². The van der Waals surface area contributed by atoms with Crippen LogP contribution in [0.25, 0.3) is 0 Å². The van der Waals surface area contributed by atoms with Crippen LogP contribution < -0.4 is 10.2 Å². The number of aromatic nitrogens is 3. The predicted molar refractivity (Wildman–Crippen MR) is 96.2 cm³/mol. The van der Waals surface area contributed by atoms with Gasteiger partial charge in [0.15, 0.2) is 5.82 Å². The average Bonchev–Trinajstić information content (AvgIpc) is 2.98. The van der Waals surface area contributed by atoms with Gasteiger partial charge in [0.25, 0.3) is 5.95 Å². The number of hydrogen-bond acceptors (Lipinski definition) is 5. The molecule has 1 aliphatic rings. The van der Waals surface area contributed by atoms with Crippen LogP contribution in [0.3, 0.4) is 0 Å². The summed E-state index contributed by atoms with van der Waals surface area (Å²) in [6.45, 7) is 5.06. The number of para-hydroxylation sites is 1. The maximum absolute atomic E-state index is 4.65. The van der Waals surface area contributed by atoms with Crippen LogP contribution in [0, 0.1) is 13.8 Å². The van der Waals surface area contributed by atoms with Crippen molar-refractivity contribution in [3.63, 3.8) is 0 Å². The molecule has 3 aromatic rings. The second kappa shape index (κ2) is 5.92. The molecule has 24 heavy (non-hydrogen) atoms. The number of nitrogens with one attached hydrogen (secondary N) is 1. The fraction of sp³-hybridized carbons (Fsp3) is 0.211. The number of nitrogens with zero attached hydrogens (tertiary/aromatic N) is 4. The highest BCUT2D eigenvalue weighted by Gasteiger charge is 2.22. The molecule has 0 unspecified atom stereocenters. The maximum Gasteiger partial charge on any atom is 0.251 e. The molecule has 0 spiro atoms. The van der Waals surface area contributed by atoms with E-state index in [1.165, 1.54) is 22.4 Å². The number of hydrogen-bond donors (Lipinski definition) is 1. The summed E-state index contributed by atoms with van der Waals surface area (Å²) in [7, 11) is 0. The Kier molecular flexibility index (Phi) is 3.61. The standard InChI is InChI=1S/C19H19N5/c1-13-9-14(2)11-16(10-13)21-18-12-20-23-19(22-18)24-8-7-15-5-3-4-6-17(15)24/h3-6,9-12H,7-8H2,1-2H3,(H,21,22,23). The van der Waals surface area contributed by atoms with Gasteiger partial charge in [-0.05, 0) is 55.2 Å². The quantitative estimate of drug-likeness (QED) is 0.793. The topological polar surface area (TPSA) is 53.9 Å². The molecule has 120 valence electrons. The second-order valence-electron chi connectivity index (χ2n) is 6.17. The number of anilines is 4. The van der Waals surface area contributed by atoms with Crippen molar-refractivity contribution in [2.75, 3.05) is 16.8 Å². The molecular weight excluding hydrogens is 298 g/mol. The van der Waals surface area contributed by atoms with Crippen LogP contribution in [-0.2, 0) is 6.42 Å². The highest BCUT2D eigenvalue weighted by Crippen LogP contribution is 2.32. The normalized spacial score (nSPS) is 13.0. The zero-order valence-corrected chi connectivity index (χ0v) is 13.8. The Labute approximate surface area is 141 Å². The van der Waals surface area contributed by atoms with E-state index in [9.17, 15) is 0 Å². The molecule has 0 atom stereocenters. The molecule has 4 rings (SSSR count). The van der Waals surface area contributed by atoms with E-state index < -0.39 is 0 Å². The second-order valence-corrected chi connectivity index (χ2v) is 6.17. The maximum atomic E-state index is 4.65. The van der Waals surface area contributed by atoms with Gasteiger partial charge in [-0.2, -0.15) is 10.1 Å². The van der Waals surface area contributed by atoms with Crippen LogP contribution in [0.5, 0.6) is 0 Å². The molecular formula is C19H19N5. The van der Waals surface area contributed by atoms with Crippen molar-refractivity contribution in [3.8, 4) is 0 Å². The van der Waals surface area contributed by atoms with Gasteiger partial charge in [0.2, 0.25) is 0 Å². The summed E-state index contributed by atoms with van der Waals surface area (Å²) in [5, 5.41) is 11.7. The summed E-state index contributed by atoms with van der Waals surface area (Å²) in [6, 6.07) is 14.7. The van der Waals surface area contributed by atoms with Gasteiger partial charge < -0.3 is 10.2 Å². The molecule has 1 aliphatic heterocycles. The van der Waals surface area contributed by atoms with Crippen molar-refractivity contribution in [1.82, 2.24) is 15.2 Å². The van der Waals surface area contributed by atoms with Crippen LogP contribution in [0.1, 0.15) is 16.7 Å². The Hall–Kier alpha value is -2.95. The fourth-order valence-corrected chi connectivity index (χ4v) is 3.21. The van der Waals surface area contributed by atoms with Crippen molar-refractivity contribution in [2.45, 2.75) is 20.3 Å². The molecule has 2 heterocycles. The lowest BCUT2D eigenvalue weighted by molar-refractivity contribution is 0.887. The third-order valence-corrected chi connectivity index (χ3v) is 4.17. The molecule has 1 aromatic heterocycles. The zero-order valence-electron chi connectivity index (χ0n) is 13.8. The molecule has 5 heteroatoms. The van der Waals surface area contributed by atoms with Crippen LogP contribution in [-0.4, -0.2) is 21.7 Å². The zero-order chi connectivity index (χ0) is 16.5. The lowest BCUT2D eigenvalue weighted by atomic mass is 10.1. The molecule has 0 radical (unpaired) electrons. The summed E-state index contributed by atoms with van der Waals surface area (Å²) < 4.78 is 0. The summed E-state index contributed by atoms with van der Waals surface area (Å²) in [4.78, 5) is 6.77. The van der Waals surface area contributed by atoms with Crippen molar-refractivity contribution < 1.29 is 0 Å². The summed E-state index contributed by atoms with van der Waals surface area (Å²) in [5.74, 6) is 1.34. The Balaban J connectivity index is 1.63. The van der Waals surface area contributed by atoms with E-state index in [4.69, 9.17) is 0 Å². The van der Waals surface area contributed by atoms with Gasteiger partial charge in [-0.25, -0.2) is 0 Å². The van der Waals surface area contributed by atoms with Gasteiger partial charge in [0, 0.05) is 17.9 Å². The highest BCUT2D eigenvalue weighted by atomic mass is 15.3. The van der Waals surface area contributed by atoms with Crippen molar-refractivity contribution in [3.05, 3.63) is 65.4 Å². The van der Waals surface area contributed by atoms with Crippen LogP contribution in [0.4, 0.5) is 23.1 Å². The third kappa shape index (κ3) is 2.80. The largest absolute Gasteiger partial charge is 0.339 e. The molecule has 0 bridgehead atoms. The van der Waals surface area contributed by atoms with Gasteiger partial charge in [-0.1, -0.05) is 24.3 Å². The van der Waals surface area contributed by atoms with E-state index in [-0.39, 0.29) is 0 Å². The van der Waals surface area contributed by atoms with Gasteiger partial charge in [0.05, 0.1) is 6.20 Å². The van der Waals surface area contributed by atoms with Crippen molar-refractivity contribution in [1.29, 1.82) is 0 Å². The van der Waals surface area contributed by atoms with Gasteiger partial charge >= 0.3 is 0 Å². The molecule has 0 fully saturated rings. The molecule has 2 aromatic carbocycles. The average molecular weight is 317 g/mol. The summed E-state index contributed by atoms with van der Waals surface area (Å²) in [5.41, 5.74) is 5.94. The monoisotopic (exact) mass is 317 g/mol. The smallest absolute Gasteiger partial charge is 0.251 e. The van der Waals surface area contributed by atoms with Gasteiger partial charge in [-0.3, -0.25) is 0 Å². The summed E-state index contributed by atoms with van der Waals surface area (Å²) >= 11 is 0. The van der Waals surface area contributed by atoms with E-state index in [1.54, 1.807) is 6.20 Å².